The fraction of sp³-hybridized carbons (Fsp3) is 0.259. The van der Waals surface area contributed by atoms with Gasteiger partial charge >= 0.3 is 6.03 Å². The molecule has 1 unspecified atom stereocenters. The van der Waals surface area contributed by atoms with Crippen LogP contribution in [0.2, 0.25) is 0 Å². The highest BCUT2D eigenvalue weighted by atomic mass is 16.2. The minimum Gasteiger partial charge on any atom is -0.350 e. The molecule has 2 N–H and O–H groups in total. The Bertz CT molecular complexity index is 1010. The highest BCUT2D eigenvalue weighted by molar-refractivity contribution is 5.89. The number of nitrogens with zero attached hydrogens (tertiary/aromatic N) is 1. The predicted molar refractivity (Wildman–Crippen MR) is 130 cm³/mol. The molecule has 0 saturated carbocycles. The van der Waals surface area contributed by atoms with E-state index < -0.39 is 0 Å². The second-order valence-corrected chi connectivity index (χ2v) is 7.97. The van der Waals surface area contributed by atoms with Gasteiger partial charge in [0.05, 0.1) is 6.04 Å². The van der Waals surface area contributed by atoms with Gasteiger partial charge in [0.25, 0.3) is 0 Å². The summed E-state index contributed by atoms with van der Waals surface area (Å²) in [6, 6.07) is 27.3. The van der Waals surface area contributed by atoms with Gasteiger partial charge in [-0.25, -0.2) is 4.79 Å². The zero-order chi connectivity index (χ0) is 22.8. The van der Waals surface area contributed by atoms with Gasteiger partial charge < -0.3 is 15.5 Å². The maximum absolute atomic E-state index is 13.0. The van der Waals surface area contributed by atoms with E-state index in [9.17, 15) is 9.59 Å². The molecule has 0 saturated heterocycles. The quantitative estimate of drug-likeness (QED) is 0.482. The molecule has 0 bridgehead atoms. The van der Waals surface area contributed by atoms with Crippen LogP contribution in [0.5, 0.6) is 0 Å². The van der Waals surface area contributed by atoms with Crippen LogP contribution in [0.25, 0.3) is 0 Å². The van der Waals surface area contributed by atoms with Crippen molar-refractivity contribution in [3.05, 3.63) is 102 Å². The van der Waals surface area contributed by atoms with Crippen LogP contribution in [0.4, 0.5) is 10.5 Å². The number of carbonyl (C=O) groups is 2. The van der Waals surface area contributed by atoms with Gasteiger partial charge in [-0.2, -0.15) is 0 Å². The average Bonchev–Trinajstić information content (AvgIpc) is 2.80. The summed E-state index contributed by atoms with van der Waals surface area (Å²) in [5.41, 5.74) is 4.04. The van der Waals surface area contributed by atoms with Crippen LogP contribution in [0, 0.1) is 6.92 Å². The Kier molecular flexibility index (Phi) is 8.44. The van der Waals surface area contributed by atoms with Crippen LogP contribution in [0.3, 0.4) is 0 Å². The fourth-order valence-electron chi connectivity index (χ4n) is 3.52. The Labute approximate surface area is 190 Å². The Hall–Kier alpha value is -3.60. The first-order valence-electron chi connectivity index (χ1n) is 11.0. The zero-order valence-electron chi connectivity index (χ0n) is 18.8. The molecular weight excluding hydrogens is 398 g/mol. The summed E-state index contributed by atoms with van der Waals surface area (Å²) in [5, 5.41) is 5.99. The topological polar surface area (TPSA) is 61.4 Å². The first kappa shape index (κ1) is 23.1. The lowest BCUT2D eigenvalue weighted by Gasteiger charge is -2.24. The molecule has 0 aliphatic heterocycles. The summed E-state index contributed by atoms with van der Waals surface area (Å²) >= 11 is 0. The minimum absolute atomic E-state index is 0.0746. The largest absolute Gasteiger partial charge is 0.350 e. The number of hydrogen-bond donors (Lipinski definition) is 2. The van der Waals surface area contributed by atoms with Gasteiger partial charge in [0.1, 0.15) is 0 Å². The number of benzene rings is 3. The molecule has 3 rings (SSSR count). The summed E-state index contributed by atoms with van der Waals surface area (Å²) < 4.78 is 0. The summed E-state index contributed by atoms with van der Waals surface area (Å²) in [4.78, 5) is 27.3. The molecule has 3 aromatic carbocycles. The number of urea groups is 1. The van der Waals surface area contributed by atoms with E-state index >= 15 is 0 Å². The van der Waals surface area contributed by atoms with E-state index in [4.69, 9.17) is 0 Å². The summed E-state index contributed by atoms with van der Waals surface area (Å²) in [6.45, 7) is 4.83. The lowest BCUT2D eigenvalue weighted by Crippen LogP contribution is -2.39. The third-order valence-corrected chi connectivity index (χ3v) is 5.36. The van der Waals surface area contributed by atoms with Crippen LogP contribution < -0.4 is 10.6 Å². The van der Waals surface area contributed by atoms with Gasteiger partial charge in [0.15, 0.2) is 0 Å². The van der Waals surface area contributed by atoms with Gasteiger partial charge in [-0.05, 0) is 49.1 Å². The molecule has 0 aliphatic rings. The molecule has 0 heterocycles. The maximum atomic E-state index is 13.0. The van der Waals surface area contributed by atoms with Crippen molar-refractivity contribution < 1.29 is 9.59 Å². The fourth-order valence-corrected chi connectivity index (χ4v) is 3.52. The van der Waals surface area contributed by atoms with E-state index in [1.807, 2.05) is 98.8 Å². The van der Waals surface area contributed by atoms with Gasteiger partial charge in [-0.3, -0.25) is 4.79 Å². The zero-order valence-corrected chi connectivity index (χ0v) is 18.8. The van der Waals surface area contributed by atoms with E-state index in [0.717, 1.165) is 28.8 Å². The van der Waals surface area contributed by atoms with Crippen molar-refractivity contribution in [3.8, 4) is 0 Å². The highest BCUT2D eigenvalue weighted by Crippen LogP contribution is 2.13. The van der Waals surface area contributed by atoms with Gasteiger partial charge in [0, 0.05) is 25.2 Å². The maximum Gasteiger partial charge on any atom is 0.321 e. The van der Waals surface area contributed by atoms with E-state index in [1.54, 1.807) is 4.90 Å². The molecule has 3 amide bonds. The van der Waals surface area contributed by atoms with Crippen LogP contribution in [0.1, 0.15) is 36.1 Å². The second kappa shape index (κ2) is 11.7. The summed E-state index contributed by atoms with van der Waals surface area (Å²) in [5.74, 6) is -0.0746. The van der Waals surface area contributed by atoms with E-state index in [0.29, 0.717) is 13.1 Å². The Balaban J connectivity index is 1.60. The lowest BCUT2D eigenvalue weighted by molar-refractivity contribution is -0.121. The molecular formula is C27H31N3O2. The van der Waals surface area contributed by atoms with Crippen LogP contribution in [-0.4, -0.2) is 29.9 Å². The highest BCUT2D eigenvalue weighted by Gasteiger charge is 2.17. The molecule has 0 aliphatic carbocycles. The van der Waals surface area contributed by atoms with Crippen molar-refractivity contribution in [1.82, 2.24) is 10.2 Å². The molecule has 0 fully saturated rings. The van der Waals surface area contributed by atoms with Crippen molar-refractivity contribution in [2.24, 2.45) is 0 Å². The number of aryl methyl sites for hydroxylation is 1. The second-order valence-electron chi connectivity index (χ2n) is 7.97. The average molecular weight is 430 g/mol. The molecule has 5 heteroatoms. The Morgan fingerprint density at radius 3 is 2.25 bits per heavy atom. The van der Waals surface area contributed by atoms with Gasteiger partial charge in [-0.1, -0.05) is 72.8 Å². The molecule has 32 heavy (non-hydrogen) atoms. The van der Waals surface area contributed by atoms with Crippen molar-refractivity contribution in [2.75, 3.05) is 18.4 Å². The van der Waals surface area contributed by atoms with Crippen LogP contribution >= 0.6 is 0 Å². The van der Waals surface area contributed by atoms with E-state index in [2.05, 4.69) is 10.6 Å². The molecule has 1 atom stereocenters. The first-order valence-corrected chi connectivity index (χ1v) is 11.0. The van der Waals surface area contributed by atoms with Crippen LogP contribution in [0.15, 0.2) is 84.9 Å². The summed E-state index contributed by atoms with van der Waals surface area (Å²) in [6.07, 6.45) is 0.970. The molecule has 0 radical (unpaired) electrons. The number of carbonyl (C=O) groups excluding carboxylic acids is 2. The van der Waals surface area contributed by atoms with E-state index in [1.165, 1.54) is 0 Å². The molecule has 0 aromatic heterocycles. The van der Waals surface area contributed by atoms with Crippen molar-refractivity contribution >= 4 is 17.6 Å². The SMILES string of the molecule is Cc1cccc(NC(=O)N(CCC(=O)NC(C)c2ccccc2)CCc2ccccc2)c1. The third-order valence-electron chi connectivity index (χ3n) is 5.36. The Morgan fingerprint density at radius 2 is 1.56 bits per heavy atom. The lowest BCUT2D eigenvalue weighted by atomic mass is 10.1. The van der Waals surface area contributed by atoms with E-state index in [-0.39, 0.29) is 24.4 Å². The van der Waals surface area contributed by atoms with Crippen LogP contribution in [-0.2, 0) is 11.2 Å². The molecule has 166 valence electrons. The monoisotopic (exact) mass is 429 g/mol. The number of rotatable bonds is 9. The number of anilines is 1. The van der Waals surface area contributed by atoms with Gasteiger partial charge in [-0.15, -0.1) is 0 Å². The Morgan fingerprint density at radius 1 is 0.875 bits per heavy atom. The number of nitrogens with one attached hydrogen (secondary N) is 2. The predicted octanol–water partition coefficient (Wildman–Crippen LogP) is 5.34. The molecule has 3 aromatic rings. The number of hydrogen-bond acceptors (Lipinski definition) is 2. The first-order chi connectivity index (χ1) is 15.5. The standard InChI is InChI=1S/C27H31N3O2/c1-21-10-9-15-25(20-21)29-27(32)30(18-16-23-11-5-3-6-12-23)19-17-26(31)28-22(2)24-13-7-4-8-14-24/h3-15,20,22H,16-19H2,1-2H3,(H,28,31)(H,29,32). The molecule has 5 nitrogen and oxygen atoms in total. The third kappa shape index (κ3) is 7.27. The van der Waals surface area contributed by atoms with Gasteiger partial charge in [0.2, 0.25) is 5.91 Å². The summed E-state index contributed by atoms with van der Waals surface area (Å²) in [7, 11) is 0. The smallest absolute Gasteiger partial charge is 0.321 e. The van der Waals surface area contributed by atoms with Crippen molar-refractivity contribution in [3.63, 3.8) is 0 Å². The van der Waals surface area contributed by atoms with Crippen molar-refractivity contribution in [2.45, 2.75) is 32.7 Å². The number of amides is 3. The van der Waals surface area contributed by atoms with Crippen molar-refractivity contribution in [1.29, 1.82) is 0 Å². The normalized spacial score (nSPS) is 11.4. The minimum atomic E-state index is -0.199. The molecule has 0 spiro atoms.